The van der Waals surface area contributed by atoms with Gasteiger partial charge in [0, 0.05) is 58.9 Å². The molecule has 0 aromatic heterocycles. The Morgan fingerprint density at radius 2 is 1.75 bits per heavy atom. The Labute approximate surface area is 120 Å². The van der Waals surface area contributed by atoms with Crippen molar-refractivity contribution in [2.24, 2.45) is 0 Å². The number of nitrogens with zero attached hydrogens (tertiary/aromatic N) is 3. The average molecular weight is 280 g/mol. The van der Waals surface area contributed by atoms with Crippen molar-refractivity contribution in [2.45, 2.75) is 6.92 Å². The summed E-state index contributed by atoms with van der Waals surface area (Å²) in [5.41, 5.74) is 2.11. The van der Waals surface area contributed by atoms with Gasteiger partial charge in [0.1, 0.15) is 0 Å². The summed E-state index contributed by atoms with van der Waals surface area (Å²) in [5, 5.41) is 3.16. The Bertz CT molecular complexity index is 417. The van der Waals surface area contributed by atoms with Gasteiger partial charge in [-0.2, -0.15) is 0 Å². The predicted octanol–water partition coefficient (Wildman–Crippen LogP) is -0.861. The molecule has 2 aliphatic heterocycles. The Hall–Kier alpha value is -1.40. The van der Waals surface area contributed by atoms with E-state index in [-0.39, 0.29) is 11.8 Å². The number of carbonyl (C=O) groups excluding carboxylic acids is 2. The van der Waals surface area contributed by atoms with E-state index in [1.807, 2.05) is 11.8 Å². The van der Waals surface area contributed by atoms with E-state index in [9.17, 15) is 9.59 Å². The van der Waals surface area contributed by atoms with Gasteiger partial charge in [0.2, 0.25) is 11.8 Å². The molecule has 0 aromatic carbocycles. The third-order valence-corrected chi connectivity index (χ3v) is 4.05. The minimum atomic E-state index is 0.114. The Morgan fingerprint density at radius 3 is 2.20 bits per heavy atom. The third-order valence-electron chi connectivity index (χ3n) is 4.05. The molecule has 0 aromatic rings. The first kappa shape index (κ1) is 15.0. The van der Waals surface area contributed by atoms with Gasteiger partial charge in [0.05, 0.1) is 6.54 Å². The first-order valence-electron chi connectivity index (χ1n) is 7.10. The van der Waals surface area contributed by atoms with Crippen molar-refractivity contribution >= 4 is 11.8 Å². The lowest BCUT2D eigenvalue weighted by Crippen LogP contribution is -2.51. The van der Waals surface area contributed by atoms with Crippen molar-refractivity contribution < 1.29 is 9.59 Å². The van der Waals surface area contributed by atoms with E-state index in [0.717, 1.165) is 31.8 Å². The van der Waals surface area contributed by atoms with Gasteiger partial charge in [-0.15, -0.1) is 0 Å². The van der Waals surface area contributed by atoms with Crippen LogP contribution in [0, 0.1) is 0 Å². The summed E-state index contributed by atoms with van der Waals surface area (Å²) in [4.78, 5) is 29.6. The van der Waals surface area contributed by atoms with Gasteiger partial charge in [0.15, 0.2) is 0 Å². The zero-order chi connectivity index (χ0) is 14.7. The standard InChI is InChI=1S/C14H24N4O2/c1-11(12-8-15-9-12)14(20)18-6-4-17(5-7-18)10-13(19)16(2)3/h15H,4-10H2,1-3H3. The highest BCUT2D eigenvalue weighted by Gasteiger charge is 2.25. The molecule has 2 saturated heterocycles. The highest BCUT2D eigenvalue weighted by atomic mass is 16.2. The summed E-state index contributed by atoms with van der Waals surface area (Å²) >= 11 is 0. The lowest BCUT2D eigenvalue weighted by molar-refractivity contribution is -0.131. The normalized spacial score (nSPS) is 19.6. The van der Waals surface area contributed by atoms with Crippen molar-refractivity contribution in [3.8, 4) is 0 Å². The molecule has 0 saturated carbocycles. The summed E-state index contributed by atoms with van der Waals surface area (Å²) in [6, 6.07) is 0. The maximum absolute atomic E-state index is 12.3. The largest absolute Gasteiger partial charge is 0.348 e. The van der Waals surface area contributed by atoms with Crippen LogP contribution in [0.4, 0.5) is 0 Å². The SMILES string of the molecule is CC(C(=O)N1CCN(CC(=O)N(C)C)CC1)=C1CNC1. The number of nitrogens with one attached hydrogen (secondary N) is 1. The van der Waals surface area contributed by atoms with Crippen LogP contribution in [-0.2, 0) is 9.59 Å². The van der Waals surface area contributed by atoms with Gasteiger partial charge in [-0.1, -0.05) is 0 Å². The second kappa shape index (κ2) is 6.37. The molecule has 0 aliphatic carbocycles. The summed E-state index contributed by atoms with van der Waals surface area (Å²) in [7, 11) is 3.54. The number of rotatable bonds is 3. The number of likely N-dealkylation sites (N-methyl/N-ethyl adjacent to an activating group) is 1. The van der Waals surface area contributed by atoms with Crippen LogP contribution < -0.4 is 5.32 Å². The van der Waals surface area contributed by atoms with Crippen LogP contribution in [0.3, 0.4) is 0 Å². The smallest absolute Gasteiger partial charge is 0.249 e. The van der Waals surface area contributed by atoms with Crippen molar-refractivity contribution in [3.05, 3.63) is 11.1 Å². The Kier molecular flexibility index (Phi) is 4.77. The number of hydrogen-bond donors (Lipinski definition) is 1. The summed E-state index contributed by atoms with van der Waals surface area (Å²) in [6.07, 6.45) is 0. The first-order valence-corrected chi connectivity index (χ1v) is 7.10. The van der Waals surface area contributed by atoms with Gasteiger partial charge in [0.25, 0.3) is 0 Å². The van der Waals surface area contributed by atoms with Crippen LogP contribution in [0.2, 0.25) is 0 Å². The molecule has 2 heterocycles. The van der Waals surface area contributed by atoms with Crippen molar-refractivity contribution in [2.75, 3.05) is 59.9 Å². The second-order valence-electron chi connectivity index (χ2n) is 5.69. The maximum atomic E-state index is 12.3. The minimum Gasteiger partial charge on any atom is -0.348 e. The Morgan fingerprint density at radius 1 is 1.15 bits per heavy atom. The molecular weight excluding hydrogens is 256 g/mol. The fourth-order valence-electron chi connectivity index (χ4n) is 2.35. The van der Waals surface area contributed by atoms with Crippen LogP contribution in [0.15, 0.2) is 11.1 Å². The number of piperazine rings is 1. The van der Waals surface area contributed by atoms with E-state index in [1.54, 1.807) is 19.0 Å². The fourth-order valence-corrected chi connectivity index (χ4v) is 2.35. The molecule has 6 heteroatoms. The highest BCUT2D eigenvalue weighted by molar-refractivity contribution is 5.94. The molecule has 0 atom stereocenters. The minimum absolute atomic E-state index is 0.114. The van der Waals surface area contributed by atoms with E-state index < -0.39 is 0 Å². The van der Waals surface area contributed by atoms with E-state index in [2.05, 4.69) is 10.2 Å². The number of hydrogen-bond acceptors (Lipinski definition) is 4. The van der Waals surface area contributed by atoms with Gasteiger partial charge >= 0.3 is 0 Å². The van der Waals surface area contributed by atoms with E-state index in [0.29, 0.717) is 19.6 Å². The molecule has 0 radical (unpaired) electrons. The monoisotopic (exact) mass is 280 g/mol. The predicted molar refractivity (Wildman–Crippen MR) is 77.3 cm³/mol. The molecule has 2 rings (SSSR count). The molecule has 20 heavy (non-hydrogen) atoms. The van der Waals surface area contributed by atoms with Gasteiger partial charge < -0.3 is 15.1 Å². The van der Waals surface area contributed by atoms with Crippen LogP contribution in [0.1, 0.15) is 6.92 Å². The highest BCUT2D eigenvalue weighted by Crippen LogP contribution is 2.13. The molecule has 2 fully saturated rings. The number of carbonyl (C=O) groups is 2. The van der Waals surface area contributed by atoms with Crippen molar-refractivity contribution in [1.82, 2.24) is 20.0 Å². The molecule has 0 bridgehead atoms. The van der Waals surface area contributed by atoms with Gasteiger partial charge in [-0.3, -0.25) is 14.5 Å². The van der Waals surface area contributed by atoms with E-state index in [1.165, 1.54) is 5.57 Å². The molecule has 0 unspecified atom stereocenters. The lowest BCUT2D eigenvalue weighted by Gasteiger charge is -2.35. The molecule has 112 valence electrons. The van der Waals surface area contributed by atoms with Crippen LogP contribution in [0.25, 0.3) is 0 Å². The molecule has 2 aliphatic rings. The zero-order valence-electron chi connectivity index (χ0n) is 12.6. The first-order chi connectivity index (χ1) is 9.49. The van der Waals surface area contributed by atoms with Gasteiger partial charge in [-0.05, 0) is 12.5 Å². The lowest BCUT2D eigenvalue weighted by atomic mass is 10.0. The molecule has 2 amide bonds. The van der Waals surface area contributed by atoms with Crippen LogP contribution in [0.5, 0.6) is 0 Å². The summed E-state index contributed by atoms with van der Waals surface area (Å²) in [6.45, 7) is 7.00. The van der Waals surface area contributed by atoms with Crippen LogP contribution in [-0.4, -0.2) is 86.4 Å². The Balaban J connectivity index is 1.82. The summed E-state index contributed by atoms with van der Waals surface area (Å²) in [5.74, 6) is 0.267. The topological polar surface area (TPSA) is 55.9 Å². The van der Waals surface area contributed by atoms with Gasteiger partial charge in [-0.25, -0.2) is 0 Å². The van der Waals surface area contributed by atoms with E-state index in [4.69, 9.17) is 0 Å². The maximum Gasteiger partial charge on any atom is 0.249 e. The summed E-state index contributed by atoms with van der Waals surface area (Å²) < 4.78 is 0. The van der Waals surface area contributed by atoms with Crippen molar-refractivity contribution in [1.29, 1.82) is 0 Å². The quantitative estimate of drug-likeness (QED) is 0.684. The molecule has 0 spiro atoms. The van der Waals surface area contributed by atoms with Crippen LogP contribution >= 0.6 is 0 Å². The molecule has 6 nitrogen and oxygen atoms in total. The zero-order valence-corrected chi connectivity index (χ0v) is 12.6. The van der Waals surface area contributed by atoms with Crippen molar-refractivity contribution in [3.63, 3.8) is 0 Å². The third kappa shape index (κ3) is 3.37. The molecular formula is C14H24N4O2. The average Bonchev–Trinajstić information content (AvgIpc) is 2.36. The molecule has 1 N–H and O–H groups in total. The number of amides is 2. The second-order valence-corrected chi connectivity index (χ2v) is 5.69. The van der Waals surface area contributed by atoms with E-state index >= 15 is 0 Å². The fraction of sp³-hybridized carbons (Fsp3) is 0.714.